The van der Waals surface area contributed by atoms with E-state index < -0.39 is 0 Å². The van der Waals surface area contributed by atoms with E-state index in [0.717, 1.165) is 43.6 Å². The van der Waals surface area contributed by atoms with E-state index in [-0.39, 0.29) is 18.4 Å². The summed E-state index contributed by atoms with van der Waals surface area (Å²) in [4.78, 5) is 27.8. The topological polar surface area (TPSA) is 40.6 Å². The summed E-state index contributed by atoms with van der Waals surface area (Å²) in [7, 11) is 0. The molecule has 0 unspecified atom stereocenters. The lowest BCUT2D eigenvalue weighted by Crippen LogP contribution is -2.43. The molecule has 1 aromatic carbocycles. The van der Waals surface area contributed by atoms with Gasteiger partial charge in [0.15, 0.2) is 0 Å². The lowest BCUT2D eigenvalue weighted by molar-refractivity contribution is -0.132. The van der Waals surface area contributed by atoms with Gasteiger partial charge in [0.05, 0.1) is 0 Å². The Morgan fingerprint density at radius 1 is 1.20 bits per heavy atom. The fourth-order valence-electron chi connectivity index (χ4n) is 3.22. The summed E-state index contributed by atoms with van der Waals surface area (Å²) < 4.78 is 0. The summed E-state index contributed by atoms with van der Waals surface area (Å²) in [6.45, 7) is 3.76. The molecule has 0 spiro atoms. The third kappa shape index (κ3) is 2.30. The van der Waals surface area contributed by atoms with Crippen LogP contribution in [0.25, 0.3) is 0 Å². The Morgan fingerprint density at radius 3 is 2.75 bits per heavy atom. The molecule has 2 heterocycles. The van der Waals surface area contributed by atoms with Crippen LogP contribution in [0, 0.1) is 6.92 Å². The SMILES string of the molecule is Cc1cccc2c1N(C(=O)CN1CCCC1=O)CCC2. The molecule has 4 nitrogen and oxygen atoms in total. The summed E-state index contributed by atoms with van der Waals surface area (Å²) in [5.41, 5.74) is 3.45. The first kappa shape index (κ1) is 13.2. The molecule has 1 saturated heterocycles. The molecule has 4 heteroatoms. The van der Waals surface area contributed by atoms with Gasteiger partial charge in [-0.05, 0) is 37.3 Å². The molecule has 2 aliphatic heterocycles. The molecule has 2 amide bonds. The zero-order chi connectivity index (χ0) is 14.1. The van der Waals surface area contributed by atoms with Gasteiger partial charge in [-0.3, -0.25) is 9.59 Å². The highest BCUT2D eigenvalue weighted by Gasteiger charge is 2.28. The maximum atomic E-state index is 12.5. The minimum atomic E-state index is 0.0514. The van der Waals surface area contributed by atoms with Gasteiger partial charge in [-0.15, -0.1) is 0 Å². The Bertz CT molecular complexity index is 553. The molecule has 0 N–H and O–H groups in total. The monoisotopic (exact) mass is 272 g/mol. The van der Waals surface area contributed by atoms with Gasteiger partial charge in [0, 0.05) is 25.2 Å². The average Bonchev–Trinajstić information content (AvgIpc) is 2.84. The Labute approximate surface area is 119 Å². The Hall–Kier alpha value is -1.84. The minimum absolute atomic E-state index is 0.0514. The molecule has 0 atom stereocenters. The number of aryl methyl sites for hydroxylation is 2. The number of hydrogen-bond acceptors (Lipinski definition) is 2. The van der Waals surface area contributed by atoms with Gasteiger partial charge in [0.25, 0.3) is 0 Å². The number of fused-ring (bicyclic) bond motifs is 1. The largest absolute Gasteiger partial charge is 0.333 e. The number of anilines is 1. The molecule has 0 saturated carbocycles. The molecule has 2 aliphatic rings. The Balaban J connectivity index is 1.81. The third-order valence-corrected chi connectivity index (χ3v) is 4.22. The predicted molar refractivity (Wildman–Crippen MR) is 77.7 cm³/mol. The summed E-state index contributed by atoms with van der Waals surface area (Å²) in [5.74, 6) is 0.163. The maximum absolute atomic E-state index is 12.5. The van der Waals surface area contributed by atoms with Crippen molar-refractivity contribution < 1.29 is 9.59 Å². The first-order valence-electron chi connectivity index (χ1n) is 7.33. The molecule has 0 aromatic heterocycles. The molecule has 1 fully saturated rings. The lowest BCUT2D eigenvalue weighted by atomic mass is 9.98. The van der Waals surface area contributed by atoms with Crippen molar-refractivity contribution in [2.45, 2.75) is 32.6 Å². The van der Waals surface area contributed by atoms with E-state index in [9.17, 15) is 9.59 Å². The fourth-order valence-corrected chi connectivity index (χ4v) is 3.22. The number of rotatable bonds is 2. The number of carbonyl (C=O) groups excluding carboxylic acids is 2. The van der Waals surface area contributed by atoms with Gasteiger partial charge in [-0.1, -0.05) is 18.2 Å². The molecule has 0 bridgehead atoms. The van der Waals surface area contributed by atoms with Crippen molar-refractivity contribution in [2.24, 2.45) is 0 Å². The normalized spacial score (nSPS) is 18.4. The van der Waals surface area contributed by atoms with Crippen molar-refractivity contribution in [3.05, 3.63) is 29.3 Å². The van der Waals surface area contributed by atoms with E-state index in [4.69, 9.17) is 0 Å². The molecule has 106 valence electrons. The Kier molecular flexibility index (Phi) is 3.47. The quantitative estimate of drug-likeness (QED) is 0.825. The first-order chi connectivity index (χ1) is 9.66. The molecule has 20 heavy (non-hydrogen) atoms. The van der Waals surface area contributed by atoms with E-state index in [1.807, 2.05) is 24.0 Å². The standard InChI is InChI=1S/C16H20N2O2/c1-12-5-2-6-13-7-3-10-18(16(12)13)15(20)11-17-9-4-8-14(17)19/h2,5-6H,3-4,7-11H2,1H3. The average molecular weight is 272 g/mol. The summed E-state index contributed by atoms with van der Waals surface area (Å²) in [5, 5.41) is 0. The smallest absolute Gasteiger partial charge is 0.246 e. The molecular weight excluding hydrogens is 252 g/mol. The van der Waals surface area contributed by atoms with E-state index in [1.165, 1.54) is 5.56 Å². The third-order valence-electron chi connectivity index (χ3n) is 4.22. The van der Waals surface area contributed by atoms with Crippen LogP contribution in [0.1, 0.15) is 30.4 Å². The van der Waals surface area contributed by atoms with Crippen LogP contribution in [0.3, 0.4) is 0 Å². The van der Waals surface area contributed by atoms with Crippen LogP contribution in [0.5, 0.6) is 0 Å². The van der Waals surface area contributed by atoms with Gasteiger partial charge in [-0.25, -0.2) is 0 Å². The molecule has 0 radical (unpaired) electrons. The fraction of sp³-hybridized carbons (Fsp3) is 0.500. The van der Waals surface area contributed by atoms with Crippen molar-refractivity contribution in [1.82, 2.24) is 4.90 Å². The second kappa shape index (κ2) is 5.27. The van der Waals surface area contributed by atoms with Crippen molar-refractivity contribution in [3.8, 4) is 0 Å². The second-order valence-electron chi connectivity index (χ2n) is 5.65. The van der Waals surface area contributed by atoms with Crippen molar-refractivity contribution in [3.63, 3.8) is 0 Å². The second-order valence-corrected chi connectivity index (χ2v) is 5.65. The maximum Gasteiger partial charge on any atom is 0.246 e. The van der Waals surface area contributed by atoms with Crippen molar-refractivity contribution in [2.75, 3.05) is 24.5 Å². The molecule has 3 rings (SSSR count). The summed E-state index contributed by atoms with van der Waals surface area (Å²) in [6.07, 6.45) is 3.49. The Morgan fingerprint density at radius 2 is 2.00 bits per heavy atom. The van der Waals surface area contributed by atoms with E-state index >= 15 is 0 Å². The highest BCUT2D eigenvalue weighted by molar-refractivity contribution is 5.98. The number of carbonyl (C=O) groups is 2. The van der Waals surface area contributed by atoms with Crippen LogP contribution in [-0.2, 0) is 16.0 Å². The predicted octanol–water partition coefficient (Wildman–Crippen LogP) is 1.90. The van der Waals surface area contributed by atoms with Crippen molar-refractivity contribution in [1.29, 1.82) is 0 Å². The number of likely N-dealkylation sites (tertiary alicyclic amines) is 1. The molecule has 0 aliphatic carbocycles. The number of hydrogen-bond donors (Lipinski definition) is 0. The van der Waals surface area contributed by atoms with Crippen LogP contribution in [0.15, 0.2) is 18.2 Å². The van der Waals surface area contributed by atoms with Crippen LogP contribution in [0.4, 0.5) is 5.69 Å². The van der Waals surface area contributed by atoms with E-state index in [2.05, 4.69) is 6.07 Å². The van der Waals surface area contributed by atoms with Gasteiger partial charge >= 0.3 is 0 Å². The molecule has 1 aromatic rings. The lowest BCUT2D eigenvalue weighted by Gasteiger charge is -2.32. The number of para-hydroxylation sites is 1. The van der Waals surface area contributed by atoms with Crippen molar-refractivity contribution >= 4 is 17.5 Å². The highest BCUT2D eigenvalue weighted by Crippen LogP contribution is 2.30. The van der Waals surface area contributed by atoms with Gasteiger partial charge in [0.1, 0.15) is 6.54 Å². The van der Waals surface area contributed by atoms with Crippen LogP contribution < -0.4 is 4.90 Å². The van der Waals surface area contributed by atoms with Gasteiger partial charge in [-0.2, -0.15) is 0 Å². The first-order valence-corrected chi connectivity index (χ1v) is 7.33. The molecular formula is C16H20N2O2. The van der Waals surface area contributed by atoms with Crippen LogP contribution in [0.2, 0.25) is 0 Å². The van der Waals surface area contributed by atoms with Gasteiger partial charge < -0.3 is 9.80 Å². The zero-order valence-corrected chi connectivity index (χ0v) is 11.9. The van der Waals surface area contributed by atoms with Gasteiger partial charge in [0.2, 0.25) is 11.8 Å². The van der Waals surface area contributed by atoms with E-state index in [0.29, 0.717) is 6.42 Å². The van der Waals surface area contributed by atoms with Crippen LogP contribution in [-0.4, -0.2) is 36.3 Å². The van der Waals surface area contributed by atoms with Crippen LogP contribution >= 0.6 is 0 Å². The summed E-state index contributed by atoms with van der Waals surface area (Å²) >= 11 is 0. The zero-order valence-electron chi connectivity index (χ0n) is 11.9. The van der Waals surface area contributed by atoms with E-state index in [1.54, 1.807) is 4.90 Å². The summed E-state index contributed by atoms with van der Waals surface area (Å²) in [6, 6.07) is 6.19. The number of benzene rings is 1. The minimum Gasteiger partial charge on any atom is -0.333 e. The number of amides is 2. The highest BCUT2D eigenvalue weighted by atomic mass is 16.2. The number of nitrogens with zero attached hydrogens (tertiary/aromatic N) is 2.